The normalized spacial score (nSPS) is 20.4. The van der Waals surface area contributed by atoms with Gasteiger partial charge in [-0.1, -0.05) is 24.3 Å². The number of rotatable bonds is 0. The van der Waals surface area contributed by atoms with E-state index in [1.807, 2.05) is 0 Å². The second-order valence-corrected chi connectivity index (χ2v) is 5.01. The van der Waals surface area contributed by atoms with Crippen molar-refractivity contribution in [3.05, 3.63) is 35.4 Å². The van der Waals surface area contributed by atoms with Gasteiger partial charge in [0.05, 0.1) is 39.6 Å². The van der Waals surface area contributed by atoms with Crippen molar-refractivity contribution in [2.75, 3.05) is 52.7 Å². The second-order valence-electron chi connectivity index (χ2n) is 5.01. The van der Waals surface area contributed by atoms with Crippen molar-refractivity contribution in [3.63, 3.8) is 0 Å². The predicted molar refractivity (Wildman–Crippen MR) is 82.3 cm³/mol. The van der Waals surface area contributed by atoms with Crippen LogP contribution in [-0.4, -0.2) is 52.7 Å². The van der Waals surface area contributed by atoms with E-state index in [0.717, 1.165) is 26.2 Å². The van der Waals surface area contributed by atoms with Gasteiger partial charge in [0.1, 0.15) is 0 Å². The third kappa shape index (κ3) is 7.55. The van der Waals surface area contributed by atoms with Gasteiger partial charge in [-0.15, -0.1) is 0 Å². The Morgan fingerprint density at radius 2 is 1.14 bits per heavy atom. The van der Waals surface area contributed by atoms with Gasteiger partial charge in [-0.05, 0) is 11.1 Å². The Hall–Kier alpha value is -0.980. The largest absolute Gasteiger partial charge is 0.378 e. The predicted octanol–water partition coefficient (Wildman–Crippen LogP) is 0.929. The molecule has 0 spiro atoms. The van der Waals surface area contributed by atoms with E-state index >= 15 is 0 Å². The first-order valence-electron chi connectivity index (χ1n) is 7.67. The Balaban J connectivity index is 1.78. The molecule has 0 aliphatic carbocycles. The molecule has 1 aliphatic rings. The van der Waals surface area contributed by atoms with Gasteiger partial charge in [0, 0.05) is 26.2 Å². The van der Waals surface area contributed by atoms with Crippen LogP contribution in [-0.2, 0) is 27.3 Å². The smallest absolute Gasteiger partial charge is 0.0701 e. The van der Waals surface area contributed by atoms with Crippen LogP contribution >= 0.6 is 0 Å². The first kappa shape index (κ1) is 16.4. The molecule has 0 aromatic heterocycles. The molecule has 2 N–H and O–H groups in total. The summed E-state index contributed by atoms with van der Waals surface area (Å²) in [5.41, 5.74) is 2.60. The Morgan fingerprint density at radius 1 is 0.667 bits per heavy atom. The third-order valence-corrected chi connectivity index (χ3v) is 3.24. The van der Waals surface area contributed by atoms with Crippen LogP contribution in [0.25, 0.3) is 0 Å². The van der Waals surface area contributed by atoms with Crippen molar-refractivity contribution < 1.29 is 14.2 Å². The van der Waals surface area contributed by atoms with E-state index in [1.165, 1.54) is 11.1 Å². The quantitative estimate of drug-likeness (QED) is 0.745. The number of hydrogen-bond acceptors (Lipinski definition) is 5. The maximum atomic E-state index is 5.50. The van der Waals surface area contributed by atoms with Crippen LogP contribution in [0.15, 0.2) is 24.3 Å². The van der Waals surface area contributed by atoms with E-state index < -0.39 is 0 Å². The van der Waals surface area contributed by atoms with E-state index in [-0.39, 0.29) is 0 Å². The molecule has 0 amide bonds. The summed E-state index contributed by atoms with van der Waals surface area (Å²) in [6, 6.07) is 8.63. The fraction of sp³-hybridized carbons (Fsp3) is 0.625. The highest BCUT2D eigenvalue weighted by Crippen LogP contribution is 2.04. The molecule has 5 heteroatoms. The highest BCUT2D eigenvalue weighted by molar-refractivity contribution is 5.23. The molecule has 5 nitrogen and oxygen atoms in total. The number of benzene rings is 1. The van der Waals surface area contributed by atoms with Gasteiger partial charge >= 0.3 is 0 Å². The fourth-order valence-electron chi connectivity index (χ4n) is 2.15. The molecule has 118 valence electrons. The summed E-state index contributed by atoms with van der Waals surface area (Å²) in [7, 11) is 0. The van der Waals surface area contributed by atoms with Crippen LogP contribution in [0.5, 0.6) is 0 Å². The number of nitrogens with one attached hydrogen (secondary N) is 2. The average Bonchev–Trinajstić information content (AvgIpc) is 2.51. The molecule has 0 saturated heterocycles. The molecule has 21 heavy (non-hydrogen) atoms. The summed E-state index contributed by atoms with van der Waals surface area (Å²) in [5, 5.41) is 6.78. The number of fused-ring (bicyclic) bond motifs is 2. The lowest BCUT2D eigenvalue weighted by Crippen LogP contribution is -2.22. The maximum Gasteiger partial charge on any atom is 0.0701 e. The summed E-state index contributed by atoms with van der Waals surface area (Å²) in [5.74, 6) is 0. The van der Waals surface area contributed by atoms with E-state index in [1.54, 1.807) is 0 Å². The highest BCUT2D eigenvalue weighted by Gasteiger charge is 1.98. The Bertz CT molecular complexity index is 356. The zero-order chi connectivity index (χ0) is 14.6. The van der Waals surface area contributed by atoms with Crippen molar-refractivity contribution in [1.82, 2.24) is 10.6 Å². The first-order valence-corrected chi connectivity index (χ1v) is 7.67. The van der Waals surface area contributed by atoms with E-state index in [0.29, 0.717) is 39.6 Å². The zero-order valence-electron chi connectivity index (χ0n) is 12.6. The first-order chi connectivity index (χ1) is 10.4. The molecule has 1 heterocycles. The summed E-state index contributed by atoms with van der Waals surface area (Å²) >= 11 is 0. The second kappa shape index (κ2) is 10.7. The van der Waals surface area contributed by atoms with Crippen molar-refractivity contribution in [2.45, 2.75) is 13.1 Å². The third-order valence-electron chi connectivity index (χ3n) is 3.24. The Kier molecular flexibility index (Phi) is 8.36. The minimum absolute atomic E-state index is 0.629. The van der Waals surface area contributed by atoms with Crippen LogP contribution in [0.2, 0.25) is 0 Å². The number of hydrogen-bond donors (Lipinski definition) is 2. The lowest BCUT2D eigenvalue weighted by Gasteiger charge is -2.10. The summed E-state index contributed by atoms with van der Waals surface area (Å²) in [4.78, 5) is 0. The van der Waals surface area contributed by atoms with Crippen LogP contribution in [0, 0.1) is 0 Å². The van der Waals surface area contributed by atoms with Gasteiger partial charge in [0.2, 0.25) is 0 Å². The van der Waals surface area contributed by atoms with Crippen molar-refractivity contribution in [1.29, 1.82) is 0 Å². The van der Waals surface area contributed by atoms with Crippen LogP contribution in [0.3, 0.4) is 0 Å². The minimum Gasteiger partial charge on any atom is -0.378 e. The molecular weight excluding hydrogens is 268 g/mol. The van der Waals surface area contributed by atoms with Crippen LogP contribution in [0.1, 0.15) is 11.1 Å². The fourth-order valence-corrected chi connectivity index (χ4v) is 2.15. The Morgan fingerprint density at radius 3 is 1.67 bits per heavy atom. The molecule has 2 rings (SSSR count). The van der Waals surface area contributed by atoms with E-state index in [4.69, 9.17) is 14.2 Å². The molecule has 1 aromatic carbocycles. The lowest BCUT2D eigenvalue weighted by molar-refractivity contribution is 0.0156. The molecule has 0 saturated carbocycles. The molecule has 2 bridgehead atoms. The van der Waals surface area contributed by atoms with Crippen molar-refractivity contribution in [2.24, 2.45) is 0 Å². The van der Waals surface area contributed by atoms with E-state index in [9.17, 15) is 0 Å². The van der Waals surface area contributed by atoms with Gasteiger partial charge < -0.3 is 24.8 Å². The monoisotopic (exact) mass is 294 g/mol. The van der Waals surface area contributed by atoms with Gasteiger partial charge in [-0.3, -0.25) is 0 Å². The van der Waals surface area contributed by atoms with Crippen molar-refractivity contribution >= 4 is 0 Å². The van der Waals surface area contributed by atoms with Gasteiger partial charge in [-0.2, -0.15) is 0 Å². The molecule has 0 radical (unpaired) electrons. The van der Waals surface area contributed by atoms with E-state index in [2.05, 4.69) is 34.9 Å². The lowest BCUT2D eigenvalue weighted by atomic mass is 10.1. The summed E-state index contributed by atoms with van der Waals surface area (Å²) < 4.78 is 16.4. The van der Waals surface area contributed by atoms with Crippen LogP contribution in [0.4, 0.5) is 0 Å². The zero-order valence-corrected chi connectivity index (χ0v) is 12.6. The summed E-state index contributed by atoms with van der Waals surface area (Å²) in [6.07, 6.45) is 0. The molecular formula is C16H26N2O3. The summed E-state index contributed by atoms with van der Waals surface area (Å²) in [6.45, 7) is 7.40. The van der Waals surface area contributed by atoms with Gasteiger partial charge in [-0.25, -0.2) is 0 Å². The molecule has 0 atom stereocenters. The minimum atomic E-state index is 0.629. The Labute approximate surface area is 127 Å². The average molecular weight is 294 g/mol. The molecule has 1 aliphatic heterocycles. The topological polar surface area (TPSA) is 51.8 Å². The number of ether oxygens (including phenoxy) is 3. The molecule has 0 fully saturated rings. The standard InChI is InChI=1S/C16H26N2O3/c1-2-15-12-16(3-1)14-18-5-7-20-9-11-21-10-8-19-6-4-17-13-15/h1-3,12,17-18H,4-11,13-14H2. The highest BCUT2D eigenvalue weighted by atomic mass is 16.5. The molecule has 1 aromatic rings. The maximum absolute atomic E-state index is 5.50. The van der Waals surface area contributed by atoms with Gasteiger partial charge in [0.25, 0.3) is 0 Å². The van der Waals surface area contributed by atoms with Crippen molar-refractivity contribution in [3.8, 4) is 0 Å². The van der Waals surface area contributed by atoms with Crippen LogP contribution < -0.4 is 10.6 Å². The van der Waals surface area contributed by atoms with Gasteiger partial charge in [0.15, 0.2) is 0 Å². The SMILES string of the molecule is c1cc2cc(c1)CNCCOCCOCCOCCNC2. The molecule has 0 unspecified atom stereocenters.